The molecule has 8 atom stereocenters. The van der Waals surface area contributed by atoms with Crippen molar-refractivity contribution >= 4 is 5.97 Å². The molecule has 4 rings (SSSR count). The first kappa shape index (κ1) is 44.7. The van der Waals surface area contributed by atoms with Crippen molar-refractivity contribution in [3.8, 4) is 0 Å². The second kappa shape index (κ2) is 23.9. The van der Waals surface area contributed by atoms with Gasteiger partial charge in [-0.2, -0.15) is 0 Å². The van der Waals surface area contributed by atoms with Crippen molar-refractivity contribution in [2.75, 3.05) is 0 Å². The van der Waals surface area contributed by atoms with E-state index < -0.39 is 0 Å². The lowest BCUT2D eigenvalue weighted by Crippen LogP contribution is -2.51. The molecule has 0 aromatic heterocycles. The topological polar surface area (TPSA) is 26.3 Å². The summed E-state index contributed by atoms with van der Waals surface area (Å²) in [4.78, 5) is 12.9. The molecule has 4 aliphatic carbocycles. The molecule has 0 spiro atoms. The zero-order valence-electron chi connectivity index (χ0n) is 36.5. The van der Waals surface area contributed by atoms with Gasteiger partial charge in [0.1, 0.15) is 6.10 Å². The molecule has 306 valence electrons. The van der Waals surface area contributed by atoms with E-state index in [1.165, 1.54) is 173 Å². The smallest absolute Gasteiger partial charge is 0.306 e. The Labute approximate surface area is 331 Å². The van der Waals surface area contributed by atoms with Crippen molar-refractivity contribution in [1.29, 1.82) is 0 Å². The van der Waals surface area contributed by atoms with Gasteiger partial charge in [0.15, 0.2) is 0 Å². The zero-order valence-corrected chi connectivity index (χ0v) is 36.5. The van der Waals surface area contributed by atoms with Gasteiger partial charge >= 0.3 is 5.97 Å². The van der Waals surface area contributed by atoms with Crippen LogP contribution < -0.4 is 0 Å². The second-order valence-electron chi connectivity index (χ2n) is 20.1. The third-order valence-electron chi connectivity index (χ3n) is 15.7. The van der Waals surface area contributed by atoms with Crippen molar-refractivity contribution < 1.29 is 9.53 Å². The summed E-state index contributed by atoms with van der Waals surface area (Å²) >= 11 is 0. The number of unbranched alkanes of at least 4 members (excludes halogenated alkanes) is 17. The van der Waals surface area contributed by atoms with E-state index in [4.69, 9.17) is 4.74 Å². The van der Waals surface area contributed by atoms with E-state index in [2.05, 4.69) is 59.8 Å². The summed E-state index contributed by atoms with van der Waals surface area (Å²) in [6.07, 6.45) is 48.3. The summed E-state index contributed by atoms with van der Waals surface area (Å²) in [5.74, 6) is 5.33. The standard InChI is InChI=1S/C51H90O2/c1-7-8-9-10-11-12-13-14-15-16-17-18-19-20-21-22-23-24-25-26-27-31-49(52)53-44-36-38-50(5)43(40-44)32-33-45-47-35-34-46(42(4)30-28-29-41(2)3)51(47,6)39-37-48(45)50/h14-15,32,41-42,44-48H,7-13,16-31,33-40H2,1-6H3/b15-14+/t42-,44+,45+,46-,47+,48+,50+,51-/m1/s1. The summed E-state index contributed by atoms with van der Waals surface area (Å²) in [6, 6.07) is 0. The SMILES string of the molecule is CCCCCCCC/C=C/CCCCCCCCCCCCCC(=O)O[C@H]1CC[C@@]2(C)C(=CC[C@H]3[C@@H]4CC[C@H]([C@H](C)CCCC(C)C)[C@@]4(C)CC[C@@H]32)C1. The van der Waals surface area contributed by atoms with E-state index in [1.54, 1.807) is 5.57 Å². The summed E-state index contributed by atoms with van der Waals surface area (Å²) in [7, 11) is 0. The maximum Gasteiger partial charge on any atom is 0.306 e. The highest BCUT2D eigenvalue weighted by molar-refractivity contribution is 5.69. The Bertz CT molecular complexity index is 1070. The number of allylic oxidation sites excluding steroid dienone is 3. The van der Waals surface area contributed by atoms with Crippen LogP contribution in [0.5, 0.6) is 0 Å². The first-order valence-corrected chi connectivity index (χ1v) is 24.2. The number of hydrogen-bond donors (Lipinski definition) is 0. The molecule has 53 heavy (non-hydrogen) atoms. The molecule has 0 bridgehead atoms. The predicted octanol–water partition coefficient (Wildman–Crippen LogP) is 16.3. The lowest BCUT2D eigenvalue weighted by molar-refractivity contribution is -0.151. The van der Waals surface area contributed by atoms with Crippen molar-refractivity contribution in [1.82, 2.24) is 0 Å². The van der Waals surface area contributed by atoms with E-state index in [9.17, 15) is 4.79 Å². The molecule has 0 heterocycles. The van der Waals surface area contributed by atoms with Crippen LogP contribution in [-0.4, -0.2) is 12.1 Å². The quantitative estimate of drug-likeness (QED) is 0.0477. The van der Waals surface area contributed by atoms with E-state index >= 15 is 0 Å². The van der Waals surface area contributed by atoms with Crippen LogP contribution in [0.4, 0.5) is 0 Å². The van der Waals surface area contributed by atoms with Gasteiger partial charge in [0.25, 0.3) is 0 Å². The van der Waals surface area contributed by atoms with Crippen molar-refractivity contribution in [3.05, 3.63) is 23.8 Å². The molecule has 0 saturated heterocycles. The van der Waals surface area contributed by atoms with Gasteiger partial charge in [-0.1, -0.05) is 174 Å². The van der Waals surface area contributed by atoms with E-state index in [-0.39, 0.29) is 12.1 Å². The lowest BCUT2D eigenvalue weighted by Gasteiger charge is -2.58. The van der Waals surface area contributed by atoms with E-state index in [1.807, 2.05) is 0 Å². The monoisotopic (exact) mass is 735 g/mol. The number of fused-ring (bicyclic) bond motifs is 5. The molecule has 0 radical (unpaired) electrons. The second-order valence-corrected chi connectivity index (χ2v) is 20.1. The van der Waals surface area contributed by atoms with Gasteiger partial charge in [-0.05, 0) is 123 Å². The van der Waals surface area contributed by atoms with E-state index in [0.29, 0.717) is 17.3 Å². The molecule has 3 fully saturated rings. The van der Waals surface area contributed by atoms with Gasteiger partial charge in [-0.15, -0.1) is 0 Å². The Morgan fingerprint density at radius 2 is 1.32 bits per heavy atom. The van der Waals surface area contributed by atoms with Crippen molar-refractivity contribution in [3.63, 3.8) is 0 Å². The first-order valence-electron chi connectivity index (χ1n) is 24.2. The van der Waals surface area contributed by atoms with Crippen LogP contribution in [0.25, 0.3) is 0 Å². The number of esters is 1. The molecule has 3 saturated carbocycles. The Kier molecular flexibility index (Phi) is 20.1. The van der Waals surface area contributed by atoms with Gasteiger partial charge in [-0.25, -0.2) is 0 Å². The fourth-order valence-electron chi connectivity index (χ4n) is 12.4. The average molecular weight is 735 g/mol. The minimum atomic E-state index is 0.0640. The fraction of sp³-hybridized carbons (Fsp3) is 0.902. The predicted molar refractivity (Wildman–Crippen MR) is 230 cm³/mol. The highest BCUT2D eigenvalue weighted by Crippen LogP contribution is 2.67. The van der Waals surface area contributed by atoms with Crippen LogP contribution in [0.1, 0.15) is 241 Å². The molecule has 2 nitrogen and oxygen atoms in total. The number of carbonyl (C=O) groups is 1. The molecule has 0 aliphatic heterocycles. The van der Waals surface area contributed by atoms with Gasteiger partial charge in [0.05, 0.1) is 0 Å². The zero-order chi connectivity index (χ0) is 37.9. The Morgan fingerprint density at radius 3 is 1.94 bits per heavy atom. The summed E-state index contributed by atoms with van der Waals surface area (Å²) < 4.78 is 6.15. The maximum absolute atomic E-state index is 12.9. The molecule has 0 unspecified atom stereocenters. The van der Waals surface area contributed by atoms with Crippen molar-refractivity contribution in [2.24, 2.45) is 46.3 Å². The lowest BCUT2D eigenvalue weighted by atomic mass is 9.47. The van der Waals surface area contributed by atoms with Crippen molar-refractivity contribution in [2.45, 2.75) is 247 Å². The van der Waals surface area contributed by atoms with Gasteiger partial charge in [0.2, 0.25) is 0 Å². The van der Waals surface area contributed by atoms with Crippen LogP contribution in [0.2, 0.25) is 0 Å². The Balaban J connectivity index is 1.01. The number of carbonyl (C=O) groups excluding carboxylic acids is 1. The van der Waals surface area contributed by atoms with Crippen LogP contribution in [-0.2, 0) is 9.53 Å². The third-order valence-corrected chi connectivity index (χ3v) is 15.7. The maximum atomic E-state index is 12.9. The largest absolute Gasteiger partial charge is 0.462 e. The molecule has 4 aliphatic rings. The fourth-order valence-corrected chi connectivity index (χ4v) is 12.4. The molecular weight excluding hydrogens is 645 g/mol. The van der Waals surface area contributed by atoms with Crippen LogP contribution in [0, 0.1) is 46.3 Å². The summed E-state index contributed by atoms with van der Waals surface area (Å²) in [5, 5.41) is 0. The molecule has 0 aromatic carbocycles. The highest BCUT2D eigenvalue weighted by atomic mass is 16.5. The summed E-state index contributed by atoms with van der Waals surface area (Å²) in [6.45, 7) is 15.0. The van der Waals surface area contributed by atoms with Gasteiger partial charge in [0, 0.05) is 12.8 Å². The number of ether oxygens (including phenoxy) is 1. The van der Waals surface area contributed by atoms with Crippen LogP contribution >= 0.6 is 0 Å². The molecule has 0 aromatic rings. The molecular formula is C51H90O2. The van der Waals surface area contributed by atoms with E-state index in [0.717, 1.165) is 54.8 Å². The molecule has 0 amide bonds. The minimum absolute atomic E-state index is 0.0640. The highest BCUT2D eigenvalue weighted by Gasteiger charge is 2.59. The number of hydrogen-bond acceptors (Lipinski definition) is 2. The third kappa shape index (κ3) is 13.8. The van der Waals surface area contributed by atoms with Crippen LogP contribution in [0.15, 0.2) is 23.8 Å². The minimum Gasteiger partial charge on any atom is -0.462 e. The first-order chi connectivity index (χ1) is 25.7. The summed E-state index contributed by atoms with van der Waals surface area (Å²) in [5.41, 5.74) is 2.53. The van der Waals surface area contributed by atoms with Gasteiger partial charge in [-0.3, -0.25) is 4.79 Å². The Hall–Kier alpha value is -1.05. The van der Waals surface area contributed by atoms with Gasteiger partial charge < -0.3 is 4.74 Å². The average Bonchev–Trinajstić information content (AvgIpc) is 3.49. The van der Waals surface area contributed by atoms with Crippen LogP contribution in [0.3, 0.4) is 0 Å². The Morgan fingerprint density at radius 1 is 0.717 bits per heavy atom. The normalized spacial score (nSPS) is 30.2. The number of rotatable bonds is 27. The molecule has 0 N–H and O–H groups in total. The molecule has 2 heteroatoms.